The van der Waals surface area contributed by atoms with E-state index in [9.17, 15) is 4.79 Å². The predicted molar refractivity (Wildman–Crippen MR) is 61.5 cm³/mol. The summed E-state index contributed by atoms with van der Waals surface area (Å²) in [5, 5.41) is 18.5. The van der Waals surface area contributed by atoms with Crippen LogP contribution in [0.2, 0.25) is 0 Å². The first-order valence-corrected chi connectivity index (χ1v) is 4.84. The van der Waals surface area contributed by atoms with Crippen LogP contribution >= 0.6 is 0 Å². The lowest BCUT2D eigenvalue weighted by Gasteiger charge is -2.06. The van der Waals surface area contributed by atoms with Gasteiger partial charge in [-0.1, -0.05) is 6.07 Å². The Labute approximate surface area is 92.1 Å². The number of rotatable bonds is 1. The molecule has 0 radical (unpaired) electrons. The molecule has 0 spiro atoms. The summed E-state index contributed by atoms with van der Waals surface area (Å²) >= 11 is 0. The molecule has 0 saturated heterocycles. The van der Waals surface area contributed by atoms with Crippen molar-refractivity contribution in [1.29, 1.82) is 0 Å². The smallest absolute Gasteiger partial charge is 0.423 e. The lowest BCUT2D eigenvalue weighted by Crippen LogP contribution is -2.30. The summed E-state index contributed by atoms with van der Waals surface area (Å²) in [7, 11) is 0.106. The van der Waals surface area contributed by atoms with Gasteiger partial charge in [0.1, 0.15) is 5.82 Å². The third kappa shape index (κ3) is 1.62. The van der Waals surface area contributed by atoms with Crippen molar-refractivity contribution < 1.29 is 10.0 Å². The zero-order valence-electron chi connectivity index (χ0n) is 9.01. The first-order valence-electron chi connectivity index (χ1n) is 4.84. The standard InChI is InChI=1S/C10H11BN2O3/c1-6-12-9-5-7(11(15)16)3-4-8(9)10(14)13(6)2/h3-5,15-16H,1-2H3. The normalized spacial score (nSPS) is 10.8. The fourth-order valence-corrected chi connectivity index (χ4v) is 1.56. The molecule has 0 amide bonds. The van der Waals surface area contributed by atoms with Crippen molar-refractivity contribution in [3.63, 3.8) is 0 Å². The summed E-state index contributed by atoms with van der Waals surface area (Å²) in [6.07, 6.45) is 0. The quantitative estimate of drug-likeness (QED) is 0.597. The fourth-order valence-electron chi connectivity index (χ4n) is 1.56. The van der Waals surface area contributed by atoms with Crippen molar-refractivity contribution in [2.24, 2.45) is 7.05 Å². The van der Waals surface area contributed by atoms with Gasteiger partial charge in [0.05, 0.1) is 10.9 Å². The van der Waals surface area contributed by atoms with Gasteiger partial charge in [-0.2, -0.15) is 0 Å². The number of fused-ring (bicyclic) bond motifs is 1. The van der Waals surface area contributed by atoms with E-state index in [1.807, 2.05) is 0 Å². The van der Waals surface area contributed by atoms with Crippen LogP contribution in [0.15, 0.2) is 23.0 Å². The molecular formula is C10H11BN2O3. The van der Waals surface area contributed by atoms with E-state index in [1.54, 1.807) is 20.0 Å². The van der Waals surface area contributed by atoms with Gasteiger partial charge in [0.25, 0.3) is 5.56 Å². The summed E-state index contributed by atoms with van der Waals surface area (Å²) in [6.45, 7) is 1.73. The largest absolute Gasteiger partial charge is 0.488 e. The van der Waals surface area contributed by atoms with E-state index < -0.39 is 7.12 Å². The van der Waals surface area contributed by atoms with Crippen molar-refractivity contribution in [1.82, 2.24) is 9.55 Å². The topological polar surface area (TPSA) is 75.4 Å². The number of benzene rings is 1. The van der Waals surface area contributed by atoms with Gasteiger partial charge in [-0.15, -0.1) is 0 Å². The highest BCUT2D eigenvalue weighted by Crippen LogP contribution is 2.05. The first-order chi connectivity index (χ1) is 7.50. The Kier molecular flexibility index (Phi) is 2.53. The van der Waals surface area contributed by atoms with Crippen molar-refractivity contribution in [2.45, 2.75) is 6.92 Å². The molecule has 0 unspecified atom stereocenters. The molecule has 0 fully saturated rings. The Morgan fingerprint density at radius 2 is 2.06 bits per heavy atom. The van der Waals surface area contributed by atoms with E-state index in [0.29, 0.717) is 22.2 Å². The van der Waals surface area contributed by atoms with Crippen LogP contribution in [0.3, 0.4) is 0 Å². The molecule has 1 aromatic heterocycles. The second-order valence-electron chi connectivity index (χ2n) is 3.67. The molecule has 82 valence electrons. The van der Waals surface area contributed by atoms with E-state index in [0.717, 1.165) is 0 Å². The average Bonchev–Trinajstić information content (AvgIpc) is 2.25. The SMILES string of the molecule is Cc1nc2cc(B(O)O)ccc2c(=O)n1C. The molecule has 0 aliphatic rings. The molecule has 2 N–H and O–H groups in total. The van der Waals surface area contributed by atoms with Crippen LogP contribution in [0.4, 0.5) is 0 Å². The van der Waals surface area contributed by atoms with Gasteiger partial charge in [-0.3, -0.25) is 9.36 Å². The van der Waals surface area contributed by atoms with Crippen molar-refractivity contribution in [2.75, 3.05) is 0 Å². The van der Waals surface area contributed by atoms with Crippen LogP contribution in [0, 0.1) is 6.92 Å². The number of hydrogen-bond acceptors (Lipinski definition) is 4. The highest BCUT2D eigenvalue weighted by atomic mass is 16.4. The van der Waals surface area contributed by atoms with E-state index in [-0.39, 0.29) is 5.56 Å². The lowest BCUT2D eigenvalue weighted by molar-refractivity contribution is 0.426. The molecule has 0 saturated carbocycles. The molecule has 0 aliphatic heterocycles. The Bertz CT molecular complexity index is 607. The van der Waals surface area contributed by atoms with Crippen LogP contribution < -0.4 is 11.0 Å². The number of aromatic nitrogens is 2. The second-order valence-corrected chi connectivity index (χ2v) is 3.67. The highest BCUT2D eigenvalue weighted by molar-refractivity contribution is 6.58. The van der Waals surface area contributed by atoms with Crippen LogP contribution in [-0.2, 0) is 7.05 Å². The van der Waals surface area contributed by atoms with E-state index >= 15 is 0 Å². The average molecular weight is 218 g/mol. The maximum absolute atomic E-state index is 11.8. The third-order valence-electron chi connectivity index (χ3n) is 2.62. The summed E-state index contributed by atoms with van der Waals surface area (Å²) in [4.78, 5) is 16.0. The molecule has 1 aromatic carbocycles. The second kappa shape index (κ2) is 3.73. The maximum Gasteiger partial charge on any atom is 0.488 e. The molecule has 0 aliphatic carbocycles. The van der Waals surface area contributed by atoms with Gasteiger partial charge in [-0.25, -0.2) is 4.98 Å². The molecule has 2 rings (SSSR count). The molecule has 1 heterocycles. The van der Waals surface area contributed by atoms with E-state index in [4.69, 9.17) is 10.0 Å². The van der Waals surface area contributed by atoms with Gasteiger partial charge >= 0.3 is 7.12 Å². The van der Waals surface area contributed by atoms with Gasteiger partial charge in [-0.05, 0) is 24.5 Å². The lowest BCUT2D eigenvalue weighted by atomic mass is 9.80. The van der Waals surface area contributed by atoms with Gasteiger partial charge in [0, 0.05) is 7.05 Å². The van der Waals surface area contributed by atoms with Crippen molar-refractivity contribution in [3.8, 4) is 0 Å². The Morgan fingerprint density at radius 3 is 2.69 bits per heavy atom. The zero-order chi connectivity index (χ0) is 11.9. The minimum absolute atomic E-state index is 0.138. The van der Waals surface area contributed by atoms with Gasteiger partial charge < -0.3 is 10.0 Å². The zero-order valence-corrected chi connectivity index (χ0v) is 9.01. The van der Waals surface area contributed by atoms with Crippen LogP contribution in [-0.4, -0.2) is 26.7 Å². The van der Waals surface area contributed by atoms with Crippen molar-refractivity contribution >= 4 is 23.5 Å². The molecular weight excluding hydrogens is 207 g/mol. The Balaban J connectivity index is 2.81. The molecule has 0 bridgehead atoms. The van der Waals surface area contributed by atoms with Gasteiger partial charge in [0.15, 0.2) is 0 Å². The fraction of sp³-hybridized carbons (Fsp3) is 0.200. The number of nitrogens with zero attached hydrogens (tertiary/aromatic N) is 2. The number of aryl methyl sites for hydroxylation is 1. The van der Waals surface area contributed by atoms with Gasteiger partial charge in [0.2, 0.25) is 0 Å². The summed E-state index contributed by atoms with van der Waals surface area (Å²) in [5.74, 6) is 0.585. The first kappa shape index (κ1) is 10.8. The summed E-state index contributed by atoms with van der Waals surface area (Å²) in [5.41, 5.74) is 0.667. The minimum atomic E-state index is -1.55. The van der Waals surface area contributed by atoms with E-state index in [2.05, 4.69) is 4.98 Å². The molecule has 5 nitrogen and oxygen atoms in total. The molecule has 6 heteroatoms. The highest BCUT2D eigenvalue weighted by Gasteiger charge is 2.13. The van der Waals surface area contributed by atoms with Crippen LogP contribution in [0.25, 0.3) is 10.9 Å². The Hall–Kier alpha value is -1.66. The molecule has 2 aromatic rings. The minimum Gasteiger partial charge on any atom is -0.423 e. The maximum atomic E-state index is 11.8. The summed E-state index contributed by atoms with van der Waals surface area (Å²) in [6, 6.07) is 4.57. The van der Waals surface area contributed by atoms with Crippen LogP contribution in [0.5, 0.6) is 0 Å². The van der Waals surface area contributed by atoms with Crippen LogP contribution in [0.1, 0.15) is 5.82 Å². The molecule has 0 atom stereocenters. The monoisotopic (exact) mass is 218 g/mol. The van der Waals surface area contributed by atoms with E-state index in [1.165, 1.54) is 16.7 Å². The summed E-state index contributed by atoms with van der Waals surface area (Å²) < 4.78 is 1.46. The third-order valence-corrected chi connectivity index (χ3v) is 2.62. The van der Waals surface area contributed by atoms with Crippen molar-refractivity contribution in [3.05, 3.63) is 34.4 Å². The number of hydrogen-bond donors (Lipinski definition) is 2. The predicted octanol–water partition coefficient (Wildman–Crippen LogP) is -1.08. The Morgan fingerprint density at radius 1 is 1.38 bits per heavy atom. The molecule has 16 heavy (non-hydrogen) atoms.